The van der Waals surface area contributed by atoms with E-state index in [2.05, 4.69) is 47.9 Å². The zero-order valence-electron chi connectivity index (χ0n) is 19.6. The van der Waals surface area contributed by atoms with Gasteiger partial charge in [-0.1, -0.05) is 24.1 Å². The average Bonchev–Trinajstić information content (AvgIpc) is 3.59. The van der Waals surface area contributed by atoms with E-state index in [1.165, 1.54) is 12.0 Å². The van der Waals surface area contributed by atoms with E-state index in [-0.39, 0.29) is 5.92 Å². The summed E-state index contributed by atoms with van der Waals surface area (Å²) in [5.41, 5.74) is 4.11. The number of fused-ring (bicyclic) bond motifs is 1. The Balaban J connectivity index is 1.38. The van der Waals surface area contributed by atoms with Crippen LogP contribution < -0.4 is 4.90 Å². The second-order valence-corrected chi connectivity index (χ2v) is 10.0. The van der Waals surface area contributed by atoms with Crippen LogP contribution in [-0.2, 0) is 4.79 Å². The maximum absolute atomic E-state index is 12.8. The summed E-state index contributed by atoms with van der Waals surface area (Å²) >= 11 is 0. The van der Waals surface area contributed by atoms with E-state index in [0.717, 1.165) is 92.3 Å². The highest BCUT2D eigenvalue weighted by atomic mass is 16.2. The molecule has 0 spiro atoms. The summed E-state index contributed by atoms with van der Waals surface area (Å²) in [7, 11) is 0. The summed E-state index contributed by atoms with van der Waals surface area (Å²) < 4.78 is 1.98. The number of hydrogen-bond acceptors (Lipinski definition) is 5. The van der Waals surface area contributed by atoms with E-state index in [1.807, 2.05) is 4.68 Å². The van der Waals surface area contributed by atoms with Gasteiger partial charge in [0, 0.05) is 38.0 Å². The summed E-state index contributed by atoms with van der Waals surface area (Å²) in [6.45, 7) is 7.48. The van der Waals surface area contributed by atoms with Crippen LogP contribution in [0.5, 0.6) is 0 Å². The molecule has 0 bridgehead atoms. The standard InChI is InChI=1S/C26H32N6O/c1-17-7-11-21(12-8-17)32-25-22(18(2)29-32)24(27-23(28-25)19-9-10-19)30-13-4-14-31(16-15-30)26(33)20-5-3-6-20/h7-8,11-12,19-20H,3-6,9-10,13-16H2,1-2H3. The summed E-state index contributed by atoms with van der Waals surface area (Å²) in [5, 5.41) is 5.94. The van der Waals surface area contributed by atoms with Crippen LogP contribution in [0.25, 0.3) is 16.7 Å². The number of nitrogens with zero attached hydrogens (tertiary/aromatic N) is 6. The van der Waals surface area contributed by atoms with Gasteiger partial charge in [-0.05, 0) is 58.1 Å². The van der Waals surface area contributed by atoms with Crippen LogP contribution in [0.4, 0.5) is 5.82 Å². The van der Waals surface area contributed by atoms with Gasteiger partial charge in [-0.25, -0.2) is 14.6 Å². The van der Waals surface area contributed by atoms with Crippen LogP contribution in [-0.4, -0.2) is 56.7 Å². The van der Waals surface area contributed by atoms with Crippen LogP contribution >= 0.6 is 0 Å². The van der Waals surface area contributed by atoms with Gasteiger partial charge >= 0.3 is 0 Å². The Hall–Kier alpha value is -2.96. The molecule has 0 radical (unpaired) electrons. The number of carbonyl (C=O) groups excluding carboxylic acids is 1. The van der Waals surface area contributed by atoms with E-state index in [1.54, 1.807) is 0 Å². The lowest BCUT2D eigenvalue weighted by atomic mass is 9.84. The SMILES string of the molecule is Cc1ccc(-n2nc(C)c3c(N4CCCN(C(=O)C5CCC5)CC4)nc(C4CC4)nc32)cc1. The van der Waals surface area contributed by atoms with E-state index in [4.69, 9.17) is 15.1 Å². The predicted molar refractivity (Wildman–Crippen MR) is 129 cm³/mol. The van der Waals surface area contributed by atoms with Crippen molar-refractivity contribution in [3.05, 3.63) is 41.3 Å². The van der Waals surface area contributed by atoms with Crippen molar-refractivity contribution in [3.63, 3.8) is 0 Å². The summed E-state index contributed by atoms with van der Waals surface area (Å²) in [6.07, 6.45) is 6.61. The van der Waals surface area contributed by atoms with Crippen molar-refractivity contribution in [2.45, 2.75) is 58.3 Å². The van der Waals surface area contributed by atoms with Crippen LogP contribution in [0.3, 0.4) is 0 Å². The van der Waals surface area contributed by atoms with Crippen molar-refractivity contribution in [3.8, 4) is 5.69 Å². The smallest absolute Gasteiger partial charge is 0.225 e. The lowest BCUT2D eigenvalue weighted by Gasteiger charge is -2.31. The molecule has 3 aliphatic rings. The second kappa shape index (κ2) is 8.12. The van der Waals surface area contributed by atoms with Gasteiger partial charge in [0.15, 0.2) is 5.65 Å². The quantitative estimate of drug-likeness (QED) is 0.605. The number of carbonyl (C=O) groups is 1. The Labute approximate surface area is 194 Å². The number of hydrogen-bond donors (Lipinski definition) is 0. The van der Waals surface area contributed by atoms with Crippen LogP contribution in [0, 0.1) is 19.8 Å². The van der Waals surface area contributed by atoms with E-state index in [0.29, 0.717) is 11.8 Å². The van der Waals surface area contributed by atoms with Gasteiger partial charge in [-0.2, -0.15) is 5.10 Å². The first kappa shape index (κ1) is 20.6. The Morgan fingerprint density at radius 3 is 2.39 bits per heavy atom. The highest BCUT2D eigenvalue weighted by Gasteiger charge is 2.33. The number of benzene rings is 1. The third-order valence-electron chi connectivity index (χ3n) is 7.48. The summed E-state index contributed by atoms with van der Waals surface area (Å²) in [6, 6.07) is 8.44. The highest BCUT2D eigenvalue weighted by Crippen LogP contribution is 2.41. The molecule has 6 rings (SSSR count). The third-order valence-corrected chi connectivity index (χ3v) is 7.48. The lowest BCUT2D eigenvalue weighted by molar-refractivity contribution is -0.137. The van der Waals surface area contributed by atoms with Crippen molar-refractivity contribution < 1.29 is 4.79 Å². The first-order valence-corrected chi connectivity index (χ1v) is 12.5. The minimum atomic E-state index is 0.263. The average molecular weight is 445 g/mol. The van der Waals surface area contributed by atoms with Crippen molar-refractivity contribution in [1.29, 1.82) is 0 Å². The van der Waals surface area contributed by atoms with Crippen molar-refractivity contribution in [2.75, 3.05) is 31.1 Å². The molecule has 3 aromatic rings. The molecule has 0 atom stereocenters. The van der Waals surface area contributed by atoms with Crippen LogP contribution in [0.2, 0.25) is 0 Å². The molecule has 3 heterocycles. The van der Waals surface area contributed by atoms with Crippen molar-refractivity contribution in [2.24, 2.45) is 5.92 Å². The molecule has 1 saturated heterocycles. The van der Waals surface area contributed by atoms with E-state index < -0.39 is 0 Å². The molecule has 1 aliphatic heterocycles. The maximum Gasteiger partial charge on any atom is 0.225 e. The fourth-order valence-electron chi connectivity index (χ4n) is 5.06. The maximum atomic E-state index is 12.8. The number of amides is 1. The highest BCUT2D eigenvalue weighted by molar-refractivity contribution is 5.91. The second-order valence-electron chi connectivity index (χ2n) is 10.0. The molecule has 7 nitrogen and oxygen atoms in total. The molecule has 1 aromatic carbocycles. The minimum absolute atomic E-state index is 0.263. The zero-order valence-corrected chi connectivity index (χ0v) is 19.6. The topological polar surface area (TPSA) is 67.2 Å². The molecule has 2 aromatic heterocycles. The van der Waals surface area contributed by atoms with Crippen molar-refractivity contribution >= 4 is 22.8 Å². The van der Waals surface area contributed by atoms with Gasteiger partial charge in [-0.15, -0.1) is 0 Å². The lowest BCUT2D eigenvalue weighted by Crippen LogP contribution is -2.41. The summed E-state index contributed by atoms with van der Waals surface area (Å²) in [5.74, 6) is 3.02. The molecule has 7 heteroatoms. The fourth-order valence-corrected chi connectivity index (χ4v) is 5.06. The molecule has 172 valence electrons. The van der Waals surface area contributed by atoms with Crippen molar-refractivity contribution in [1.82, 2.24) is 24.6 Å². The Bertz CT molecular complexity index is 1190. The predicted octanol–water partition coefficient (Wildman–Crippen LogP) is 4.15. The minimum Gasteiger partial charge on any atom is -0.354 e. The molecule has 2 saturated carbocycles. The molecule has 0 unspecified atom stereocenters. The van der Waals surface area contributed by atoms with Gasteiger partial charge in [0.1, 0.15) is 11.6 Å². The van der Waals surface area contributed by atoms with Gasteiger partial charge in [0.05, 0.1) is 16.8 Å². The van der Waals surface area contributed by atoms with Gasteiger partial charge in [-0.3, -0.25) is 4.79 Å². The number of rotatable bonds is 4. The van der Waals surface area contributed by atoms with E-state index in [9.17, 15) is 4.79 Å². The zero-order chi connectivity index (χ0) is 22.5. The van der Waals surface area contributed by atoms with Gasteiger partial charge < -0.3 is 9.80 Å². The number of anilines is 1. The first-order chi connectivity index (χ1) is 16.1. The first-order valence-electron chi connectivity index (χ1n) is 12.5. The van der Waals surface area contributed by atoms with Gasteiger partial charge in [0.25, 0.3) is 0 Å². The fraction of sp³-hybridized carbons (Fsp3) is 0.538. The Kier molecular flexibility index (Phi) is 5.07. The molecule has 1 amide bonds. The molecule has 2 aliphatic carbocycles. The Morgan fingerprint density at radius 1 is 0.909 bits per heavy atom. The van der Waals surface area contributed by atoms with E-state index >= 15 is 0 Å². The molecular weight excluding hydrogens is 412 g/mol. The number of aromatic nitrogens is 4. The third kappa shape index (κ3) is 3.77. The number of aryl methyl sites for hydroxylation is 2. The Morgan fingerprint density at radius 2 is 1.70 bits per heavy atom. The molecule has 33 heavy (non-hydrogen) atoms. The largest absolute Gasteiger partial charge is 0.354 e. The summed E-state index contributed by atoms with van der Waals surface area (Å²) in [4.78, 5) is 27.4. The van der Waals surface area contributed by atoms with Crippen LogP contribution in [0.15, 0.2) is 24.3 Å². The molecule has 3 fully saturated rings. The van der Waals surface area contributed by atoms with Gasteiger partial charge in [0.2, 0.25) is 5.91 Å². The van der Waals surface area contributed by atoms with Crippen LogP contribution in [0.1, 0.15) is 61.5 Å². The monoisotopic (exact) mass is 444 g/mol. The molecule has 0 N–H and O–H groups in total. The normalized spacial score (nSPS) is 19.6. The molecular formula is C26H32N6O.